The van der Waals surface area contributed by atoms with Gasteiger partial charge in [-0.25, -0.2) is 0 Å². The number of nitrogens with one attached hydrogen (secondary N) is 2. The van der Waals surface area contributed by atoms with Gasteiger partial charge in [-0.05, 0) is 51.8 Å². The predicted molar refractivity (Wildman–Crippen MR) is 85.0 cm³/mol. The van der Waals surface area contributed by atoms with Crippen LogP contribution in [0.4, 0.5) is 0 Å². The van der Waals surface area contributed by atoms with Crippen LogP contribution in [0.25, 0.3) is 0 Å². The fourth-order valence-corrected chi connectivity index (χ4v) is 2.23. The Kier molecular flexibility index (Phi) is 6.03. The number of halogens is 1. The average molecular weight is 297 g/mol. The lowest BCUT2D eigenvalue weighted by atomic mass is 10.0. The summed E-state index contributed by atoms with van der Waals surface area (Å²) in [7, 11) is 0. The second-order valence-electron chi connectivity index (χ2n) is 6.14. The lowest BCUT2D eigenvalue weighted by Gasteiger charge is -2.26. The van der Waals surface area contributed by atoms with Gasteiger partial charge in [0, 0.05) is 16.6 Å². The van der Waals surface area contributed by atoms with Crippen LogP contribution in [0.3, 0.4) is 0 Å². The molecule has 0 fully saturated rings. The molecular formula is C16H25ClN2O. The van der Waals surface area contributed by atoms with Gasteiger partial charge in [0.15, 0.2) is 0 Å². The van der Waals surface area contributed by atoms with E-state index < -0.39 is 0 Å². The minimum atomic E-state index is -0.252. The van der Waals surface area contributed by atoms with Crippen LogP contribution in [-0.2, 0) is 4.79 Å². The minimum absolute atomic E-state index is 0.0120. The van der Waals surface area contributed by atoms with Crippen molar-refractivity contribution >= 4 is 17.5 Å². The molecule has 112 valence electrons. The van der Waals surface area contributed by atoms with Crippen molar-refractivity contribution in [2.75, 3.05) is 0 Å². The van der Waals surface area contributed by atoms with E-state index in [1.807, 2.05) is 52.0 Å². The fraction of sp³-hybridized carbons (Fsp3) is 0.562. The van der Waals surface area contributed by atoms with Crippen molar-refractivity contribution in [2.24, 2.45) is 0 Å². The van der Waals surface area contributed by atoms with E-state index in [0.717, 1.165) is 17.0 Å². The molecule has 3 nitrogen and oxygen atoms in total. The van der Waals surface area contributed by atoms with Crippen LogP contribution in [-0.4, -0.2) is 17.5 Å². The molecule has 0 bridgehead atoms. The molecule has 0 spiro atoms. The zero-order valence-electron chi connectivity index (χ0n) is 13.0. The highest BCUT2D eigenvalue weighted by Crippen LogP contribution is 2.20. The van der Waals surface area contributed by atoms with Crippen LogP contribution < -0.4 is 10.6 Å². The summed E-state index contributed by atoms with van der Waals surface area (Å²) in [6.45, 7) is 9.91. The maximum Gasteiger partial charge on any atom is 0.237 e. The Bertz CT molecular complexity index is 454. The van der Waals surface area contributed by atoms with E-state index in [2.05, 4.69) is 17.6 Å². The Morgan fingerprint density at radius 3 is 2.50 bits per heavy atom. The van der Waals surface area contributed by atoms with Crippen molar-refractivity contribution < 1.29 is 4.79 Å². The first-order valence-corrected chi connectivity index (χ1v) is 7.44. The van der Waals surface area contributed by atoms with E-state index in [1.54, 1.807) is 0 Å². The largest absolute Gasteiger partial charge is 0.350 e. The van der Waals surface area contributed by atoms with Crippen molar-refractivity contribution in [1.29, 1.82) is 0 Å². The second-order valence-corrected chi connectivity index (χ2v) is 6.58. The molecule has 1 aromatic carbocycles. The number of amides is 1. The predicted octanol–water partition coefficient (Wildman–Crippen LogP) is 3.68. The van der Waals surface area contributed by atoms with E-state index in [9.17, 15) is 4.79 Å². The molecule has 4 heteroatoms. The van der Waals surface area contributed by atoms with E-state index in [4.69, 9.17) is 11.6 Å². The summed E-state index contributed by atoms with van der Waals surface area (Å²) in [5.41, 5.74) is 0.889. The molecule has 1 amide bonds. The maximum absolute atomic E-state index is 12.1. The number of hydrogen-bond acceptors (Lipinski definition) is 2. The summed E-state index contributed by atoms with van der Waals surface area (Å²) >= 11 is 6.03. The SMILES string of the molecule is CCC(NC(C)C(=O)NC(C)(C)C)c1cccc(Cl)c1. The first kappa shape index (κ1) is 17.0. The molecule has 0 aliphatic carbocycles. The lowest BCUT2D eigenvalue weighted by Crippen LogP contribution is -2.50. The molecule has 0 saturated carbocycles. The van der Waals surface area contributed by atoms with Gasteiger partial charge in [0.1, 0.15) is 0 Å². The molecule has 0 aromatic heterocycles. The zero-order valence-corrected chi connectivity index (χ0v) is 13.7. The lowest BCUT2D eigenvalue weighted by molar-refractivity contribution is -0.124. The molecule has 0 radical (unpaired) electrons. The third-order valence-corrected chi connectivity index (χ3v) is 3.24. The van der Waals surface area contributed by atoms with Gasteiger partial charge in [0.2, 0.25) is 5.91 Å². The van der Waals surface area contributed by atoms with Crippen molar-refractivity contribution in [3.8, 4) is 0 Å². The Balaban J connectivity index is 2.71. The van der Waals surface area contributed by atoms with E-state index >= 15 is 0 Å². The highest BCUT2D eigenvalue weighted by atomic mass is 35.5. The standard InChI is InChI=1S/C16H25ClN2O/c1-6-14(12-8-7-9-13(17)10-12)18-11(2)15(20)19-16(3,4)5/h7-11,14,18H,6H2,1-5H3,(H,19,20). The fourth-order valence-electron chi connectivity index (χ4n) is 2.03. The van der Waals surface area contributed by atoms with Crippen molar-refractivity contribution in [1.82, 2.24) is 10.6 Å². The average Bonchev–Trinajstić information content (AvgIpc) is 2.33. The third kappa shape index (κ3) is 5.51. The monoisotopic (exact) mass is 296 g/mol. The summed E-state index contributed by atoms with van der Waals surface area (Å²) in [4.78, 5) is 12.1. The van der Waals surface area contributed by atoms with E-state index in [0.29, 0.717) is 0 Å². The summed E-state index contributed by atoms with van der Waals surface area (Å²) in [6.07, 6.45) is 0.896. The summed E-state index contributed by atoms with van der Waals surface area (Å²) in [5.74, 6) is 0.0120. The highest BCUT2D eigenvalue weighted by Gasteiger charge is 2.21. The van der Waals surface area contributed by atoms with Gasteiger partial charge in [0.25, 0.3) is 0 Å². The maximum atomic E-state index is 12.1. The normalized spacial score (nSPS) is 14.7. The molecule has 0 aliphatic rings. The molecule has 1 rings (SSSR count). The summed E-state index contributed by atoms with van der Waals surface area (Å²) < 4.78 is 0. The van der Waals surface area contributed by atoms with Gasteiger partial charge in [0.05, 0.1) is 6.04 Å². The van der Waals surface area contributed by atoms with Crippen LogP contribution in [0.15, 0.2) is 24.3 Å². The van der Waals surface area contributed by atoms with Crippen molar-refractivity contribution in [3.05, 3.63) is 34.9 Å². The summed E-state index contributed by atoms with van der Waals surface area (Å²) in [6, 6.07) is 7.63. The minimum Gasteiger partial charge on any atom is -0.350 e. The van der Waals surface area contributed by atoms with Crippen molar-refractivity contribution in [3.63, 3.8) is 0 Å². The molecule has 0 saturated heterocycles. The number of carbonyl (C=O) groups excluding carboxylic acids is 1. The van der Waals surface area contributed by atoms with Crippen LogP contribution >= 0.6 is 11.6 Å². The first-order valence-electron chi connectivity index (χ1n) is 7.06. The van der Waals surface area contributed by atoms with Gasteiger partial charge in [-0.2, -0.15) is 0 Å². The molecule has 20 heavy (non-hydrogen) atoms. The van der Waals surface area contributed by atoms with Gasteiger partial charge >= 0.3 is 0 Å². The van der Waals surface area contributed by atoms with Crippen LogP contribution in [0, 0.1) is 0 Å². The first-order chi connectivity index (χ1) is 9.23. The van der Waals surface area contributed by atoms with Gasteiger partial charge in [-0.1, -0.05) is 30.7 Å². The molecule has 0 aliphatic heterocycles. The number of rotatable bonds is 5. The van der Waals surface area contributed by atoms with Gasteiger partial charge < -0.3 is 5.32 Å². The number of hydrogen-bond donors (Lipinski definition) is 2. The Morgan fingerprint density at radius 2 is 2.00 bits per heavy atom. The van der Waals surface area contributed by atoms with Crippen LogP contribution in [0.2, 0.25) is 5.02 Å². The molecule has 0 heterocycles. The van der Waals surface area contributed by atoms with Crippen LogP contribution in [0.1, 0.15) is 52.6 Å². The molecule has 2 atom stereocenters. The van der Waals surface area contributed by atoms with E-state index in [1.165, 1.54) is 0 Å². The Labute approximate surface area is 127 Å². The molecule has 1 aromatic rings. The van der Waals surface area contributed by atoms with E-state index in [-0.39, 0.29) is 23.5 Å². The molecule has 2 N–H and O–H groups in total. The Hall–Kier alpha value is -1.06. The van der Waals surface area contributed by atoms with Crippen molar-refractivity contribution in [2.45, 2.75) is 58.7 Å². The highest BCUT2D eigenvalue weighted by molar-refractivity contribution is 6.30. The van der Waals surface area contributed by atoms with Gasteiger partial charge in [-0.15, -0.1) is 0 Å². The quantitative estimate of drug-likeness (QED) is 0.870. The number of benzene rings is 1. The van der Waals surface area contributed by atoms with Crippen LogP contribution in [0.5, 0.6) is 0 Å². The summed E-state index contributed by atoms with van der Waals surface area (Å²) in [5, 5.41) is 7.06. The number of carbonyl (C=O) groups is 1. The topological polar surface area (TPSA) is 41.1 Å². The molecule has 2 unspecified atom stereocenters. The van der Waals surface area contributed by atoms with Gasteiger partial charge in [-0.3, -0.25) is 10.1 Å². The molecular weight excluding hydrogens is 272 g/mol. The second kappa shape index (κ2) is 7.09. The third-order valence-electron chi connectivity index (χ3n) is 3.00. The smallest absolute Gasteiger partial charge is 0.237 e. The zero-order chi connectivity index (χ0) is 15.3. The Morgan fingerprint density at radius 1 is 1.35 bits per heavy atom.